The van der Waals surface area contributed by atoms with Gasteiger partial charge in [0.1, 0.15) is 79.1 Å². The number of nitrogens with two attached hydrogens (primary N) is 2. The van der Waals surface area contributed by atoms with E-state index >= 15 is 0 Å². The van der Waals surface area contributed by atoms with Gasteiger partial charge in [-0.2, -0.15) is 22.6 Å². The summed E-state index contributed by atoms with van der Waals surface area (Å²) in [5.41, 5.74) is 19.1. The van der Waals surface area contributed by atoms with Crippen LogP contribution in [0.3, 0.4) is 0 Å². The summed E-state index contributed by atoms with van der Waals surface area (Å²) >= 11 is 6.36. The molecule has 17 rings (SSSR count). The molecular weight excluding hydrogens is 1540 g/mol. The number of sulfonamides is 1. The number of aliphatic carboxylic acids is 1. The number of H-pyrrole nitrogens is 1. The Morgan fingerprint density at radius 2 is 1.03 bits per heavy atom. The van der Waals surface area contributed by atoms with E-state index in [9.17, 15) is 31.2 Å². The number of aromatic amines is 1. The van der Waals surface area contributed by atoms with E-state index in [1.54, 1.807) is 94.4 Å². The van der Waals surface area contributed by atoms with Crippen molar-refractivity contribution in [2.75, 3.05) is 80.1 Å². The van der Waals surface area contributed by atoms with Crippen LogP contribution in [0.5, 0.6) is 23.0 Å². The lowest BCUT2D eigenvalue weighted by molar-refractivity contribution is -0.192. The number of thiophene rings is 4. The molecule has 0 spiro atoms. The molecule has 0 radical (unpaired) electrons. The highest BCUT2D eigenvalue weighted by atomic mass is 32.2. The number of carboxylic acids is 1. The summed E-state index contributed by atoms with van der Waals surface area (Å²) in [6.07, 6.45) is 6.88. The Balaban J connectivity index is 0.000000127. The van der Waals surface area contributed by atoms with Crippen LogP contribution in [0.15, 0.2) is 151 Å². The Bertz CT molecular complexity index is 5530. The molecule has 4 aliphatic rings. The van der Waals surface area contributed by atoms with Crippen molar-refractivity contribution in [3.8, 4) is 34.4 Å². The van der Waals surface area contributed by atoms with Crippen molar-refractivity contribution in [3.63, 3.8) is 0 Å². The number of carbonyl (C=O) groups excluding carboxylic acids is 2. The zero-order chi connectivity index (χ0) is 77.6. The van der Waals surface area contributed by atoms with Gasteiger partial charge in [0.05, 0.1) is 103 Å². The molecule has 0 aliphatic carbocycles. The molecule has 39 heteroatoms. The third-order valence-electron chi connectivity index (χ3n) is 17.1. The normalized spacial score (nSPS) is 16.8. The molecule has 4 saturated heterocycles. The minimum atomic E-state index is -5.08. The predicted octanol–water partition coefficient (Wildman–Crippen LogP) is 12.2. The van der Waals surface area contributed by atoms with Gasteiger partial charge in [-0.1, -0.05) is 12.1 Å². The minimum absolute atomic E-state index is 0.0303. The Morgan fingerprint density at radius 3 is 1.48 bits per heavy atom. The predicted molar refractivity (Wildman–Crippen MR) is 416 cm³/mol. The lowest BCUT2D eigenvalue weighted by Crippen LogP contribution is -2.30. The molecule has 13 heterocycles. The van der Waals surface area contributed by atoms with Crippen molar-refractivity contribution >= 4 is 160 Å². The topological polar surface area (TPSA) is 421 Å². The van der Waals surface area contributed by atoms with Crippen LogP contribution in [0.25, 0.3) is 52.3 Å². The first-order valence-corrected chi connectivity index (χ1v) is 39.5. The molecule has 13 aromatic rings. The number of benzene rings is 4. The standard InChI is InChI=1S/C19H21N5O4S2.C18H16N6O2S.C17H16N4O3S.C16H16N4OS.C2HF3O2/c1-11-7-15-17(29-11)19(22-10-21-15)23-14-4-3-12(18(20)25)8-16(14)28-13-5-6-24(9-13)30(2,26)27;1-2-13(23-18-16-14(4-6-27-16)19-9-20-18)15(26-12-3-5-25-8-12)7-11(1)17-21-10-22-24-17;18-16(22)10-1-2-12(14(7-10)24-11-3-5-23-8-11)21-17-15-13(4-6-25-15)19-9-20-17;1-2-4-14(21-11-5-7-17-9-11)12(3-1)20-16-15-13(6-8-22-15)18-10-19-16;3-2(4,5)1(6)7/h3-4,7-8,10,13H,5-6,9H2,1-2H3,(H2,20,25)(H,21,22,23);1-2,4,6-7,9-10,12H,3,5,8H2,(H,19,20,23)(H,21,22,24);1-2,4,6-7,9,11H,3,5,8H2,(H2,18,22)(H,19,20,21);1-4,6,8,10-11,17H,5,7,9H2,(H,18,19,20);(H,6,7). The largest absolute Gasteiger partial charge is 0.490 e. The van der Waals surface area contributed by atoms with E-state index in [-0.39, 0.29) is 31.0 Å². The lowest BCUT2D eigenvalue weighted by Gasteiger charge is -2.19. The highest BCUT2D eigenvalue weighted by Crippen LogP contribution is 2.40. The highest BCUT2D eigenvalue weighted by molar-refractivity contribution is 7.88. The fraction of sp³-hybridized carbons (Fsp3) is 0.264. The van der Waals surface area contributed by atoms with Gasteiger partial charge < -0.3 is 71.6 Å². The first-order chi connectivity index (χ1) is 53.6. The molecule has 31 nitrogen and oxygen atoms in total. The van der Waals surface area contributed by atoms with E-state index in [0.717, 1.165) is 125 Å². The van der Waals surface area contributed by atoms with Crippen molar-refractivity contribution in [2.24, 2.45) is 11.5 Å². The summed E-state index contributed by atoms with van der Waals surface area (Å²) in [6.45, 7) is 7.07. The van der Waals surface area contributed by atoms with E-state index < -0.39 is 34.0 Å². The third kappa shape index (κ3) is 20.2. The highest BCUT2D eigenvalue weighted by Gasteiger charge is 2.38. The maximum absolute atomic E-state index is 11.8. The molecule has 4 unspecified atom stereocenters. The summed E-state index contributed by atoms with van der Waals surface area (Å²) in [7, 11) is -3.28. The summed E-state index contributed by atoms with van der Waals surface area (Å²) in [6, 6.07) is 31.7. The number of alkyl halides is 3. The van der Waals surface area contributed by atoms with Gasteiger partial charge in [0.2, 0.25) is 21.8 Å². The summed E-state index contributed by atoms with van der Waals surface area (Å²) in [4.78, 5) is 71.9. The molecule has 2 amide bonds. The number of ether oxygens (including phenoxy) is 6. The second-order valence-electron chi connectivity index (χ2n) is 24.9. The van der Waals surface area contributed by atoms with E-state index in [1.165, 1.54) is 29.5 Å². The van der Waals surface area contributed by atoms with Gasteiger partial charge in [-0.15, -0.1) is 45.3 Å². The molecule has 4 aromatic carbocycles. The van der Waals surface area contributed by atoms with Crippen LogP contribution >= 0.6 is 45.3 Å². The number of nitrogens with zero attached hydrogens (tertiary/aromatic N) is 11. The Hall–Kier alpha value is -11.4. The fourth-order valence-electron chi connectivity index (χ4n) is 11.6. The summed E-state index contributed by atoms with van der Waals surface area (Å²) in [5.74, 6) is 2.30. The zero-order valence-corrected chi connectivity index (χ0v) is 63.0. The monoisotopic (exact) mass is 1610 g/mol. The Morgan fingerprint density at radius 1 is 0.559 bits per heavy atom. The molecule has 11 N–H and O–H groups in total. The van der Waals surface area contributed by atoms with Crippen LogP contribution in [0.4, 0.5) is 59.2 Å². The van der Waals surface area contributed by atoms with E-state index in [0.29, 0.717) is 84.2 Å². The number of aromatic nitrogens is 11. The molecule has 0 bridgehead atoms. The molecule has 4 atom stereocenters. The van der Waals surface area contributed by atoms with Crippen molar-refractivity contribution in [1.29, 1.82) is 0 Å². The number of aryl methyl sites for hydroxylation is 1. The Kier molecular flexibility index (Phi) is 24.9. The van der Waals surface area contributed by atoms with Gasteiger partial charge >= 0.3 is 12.1 Å². The number of primary amides is 2. The first kappa shape index (κ1) is 77.7. The van der Waals surface area contributed by atoms with Crippen LogP contribution < -0.4 is 57.0 Å². The van der Waals surface area contributed by atoms with Gasteiger partial charge in [-0.25, -0.2) is 58.1 Å². The SMILES string of the molecule is Cc1cc2ncnc(Nc3ccc(C(N)=O)cc3OC3CCN(S(C)(=O)=O)C3)c2s1.NC(=O)c1ccc(Nc2ncnc3ccsc23)c(OC2CCOC2)c1.O=C(O)C(F)(F)F.c1ccc(OC2CCNC2)c(Nc2ncnc3ccsc23)c1.c1n[nH]c(-c2ccc(Nc3ncnc4ccsc34)c(OC3CCOC3)c2)n1. The molecule has 4 fully saturated rings. The second kappa shape index (κ2) is 35.5. The van der Waals surface area contributed by atoms with Gasteiger partial charge in [-0.05, 0) is 133 Å². The molecule has 576 valence electrons. The van der Waals surface area contributed by atoms with Crippen molar-refractivity contribution in [1.82, 2.24) is 64.7 Å². The number of carbonyl (C=O) groups is 3. The van der Waals surface area contributed by atoms with Gasteiger partial charge in [0.15, 0.2) is 29.1 Å². The van der Waals surface area contributed by atoms with Crippen LogP contribution in [-0.4, -0.2) is 180 Å². The van der Waals surface area contributed by atoms with Crippen LogP contribution in [-0.2, 0) is 24.3 Å². The number of anilines is 8. The molecular formula is C72H70F3N19O12S5. The average Bonchev–Trinajstić information content (AvgIpc) is 1.74. The Labute approximate surface area is 646 Å². The number of carboxylic acid groups (broad SMARTS) is 1. The molecule has 4 aliphatic heterocycles. The van der Waals surface area contributed by atoms with Crippen molar-refractivity contribution in [3.05, 3.63) is 167 Å². The second-order valence-corrected chi connectivity index (χ2v) is 30.9. The fourth-order valence-corrected chi connectivity index (χ4v) is 15.8. The van der Waals surface area contributed by atoms with Crippen LogP contribution in [0, 0.1) is 6.92 Å². The van der Waals surface area contributed by atoms with Gasteiger partial charge in [0.25, 0.3) is 0 Å². The number of amides is 2. The number of halogens is 3. The quantitative estimate of drug-likeness (QED) is 0.0342. The molecule has 0 saturated carbocycles. The lowest BCUT2D eigenvalue weighted by atomic mass is 10.1. The smallest absolute Gasteiger partial charge is 0.487 e. The van der Waals surface area contributed by atoms with E-state index in [1.807, 2.05) is 89.8 Å². The van der Waals surface area contributed by atoms with Gasteiger partial charge in [0, 0.05) is 47.5 Å². The van der Waals surface area contributed by atoms with E-state index in [4.69, 9.17) is 49.8 Å². The van der Waals surface area contributed by atoms with Crippen LogP contribution in [0.1, 0.15) is 51.3 Å². The zero-order valence-electron chi connectivity index (χ0n) is 58.9. The maximum Gasteiger partial charge on any atom is 0.490 e. The third-order valence-corrected chi connectivity index (χ3v) is 22.1. The van der Waals surface area contributed by atoms with Gasteiger partial charge in [-0.3, -0.25) is 14.7 Å². The number of hydrogen-bond donors (Lipinski definition) is 9. The number of rotatable bonds is 20. The first-order valence-electron chi connectivity index (χ1n) is 34.2. The van der Waals surface area contributed by atoms with Crippen molar-refractivity contribution in [2.45, 2.75) is 63.2 Å². The average molecular weight is 1610 g/mol. The molecule has 9 aromatic heterocycles. The van der Waals surface area contributed by atoms with E-state index in [2.05, 4.69) is 81.6 Å². The minimum Gasteiger partial charge on any atom is -0.487 e. The number of fused-ring (bicyclic) bond motifs is 4. The maximum atomic E-state index is 11.8. The summed E-state index contributed by atoms with van der Waals surface area (Å²) < 4.78 is 95.9. The summed E-state index contributed by atoms with van der Waals surface area (Å²) in [5, 5.41) is 36.6. The van der Waals surface area contributed by atoms with Crippen molar-refractivity contribution < 1.29 is 69.5 Å². The van der Waals surface area contributed by atoms with Crippen LogP contribution in [0.2, 0.25) is 0 Å². The number of para-hydroxylation sites is 2. The molecule has 111 heavy (non-hydrogen) atoms. The number of nitrogens with one attached hydrogen (secondary N) is 6. The number of hydrogen-bond acceptors (Lipinski definition) is 30.